The summed E-state index contributed by atoms with van der Waals surface area (Å²) in [5.74, 6) is -4.75. The molecule has 13 nitrogen and oxygen atoms in total. The van der Waals surface area contributed by atoms with Crippen molar-refractivity contribution in [2.75, 3.05) is 26.2 Å². The summed E-state index contributed by atoms with van der Waals surface area (Å²) in [7, 11) is 0. The lowest BCUT2D eigenvalue weighted by molar-refractivity contribution is -0.664. The Labute approximate surface area is 188 Å². The summed E-state index contributed by atoms with van der Waals surface area (Å²) >= 11 is 0. The van der Waals surface area contributed by atoms with E-state index in [0.29, 0.717) is 12.1 Å². The Morgan fingerprint density at radius 2 is 1.09 bits per heavy atom. The van der Waals surface area contributed by atoms with Gasteiger partial charge in [-0.3, -0.25) is 19.7 Å². The number of nitro groups is 1. The van der Waals surface area contributed by atoms with Gasteiger partial charge < -0.3 is 40.6 Å². The Morgan fingerprint density at radius 1 is 0.758 bits per heavy atom. The van der Waals surface area contributed by atoms with E-state index in [1.54, 1.807) is 0 Å². The van der Waals surface area contributed by atoms with Gasteiger partial charge in [0.25, 0.3) is 5.69 Å². The maximum atomic E-state index is 10.4. The normalized spacial score (nSPS) is 16.2. The molecule has 1 aromatic rings. The van der Waals surface area contributed by atoms with Crippen LogP contribution in [-0.4, -0.2) is 65.2 Å². The number of nitro benzene ring substituents is 1. The minimum atomic E-state index is -1.69. The van der Waals surface area contributed by atoms with Crippen molar-refractivity contribution in [2.45, 2.75) is 25.7 Å². The molecule has 182 valence electrons. The number of carbonyl (C=O) groups excluding carboxylic acids is 2. The number of hydrogen-bond donors (Lipinski definition) is 4. The van der Waals surface area contributed by atoms with Crippen molar-refractivity contribution < 1.29 is 55.2 Å². The summed E-state index contributed by atoms with van der Waals surface area (Å²) < 4.78 is 0. The molecule has 0 aromatic heterocycles. The summed E-state index contributed by atoms with van der Waals surface area (Å²) in [5.41, 5.74) is -1.80. The van der Waals surface area contributed by atoms with E-state index >= 15 is 0 Å². The van der Waals surface area contributed by atoms with Crippen molar-refractivity contribution in [3.8, 4) is 0 Å². The summed E-state index contributed by atoms with van der Waals surface area (Å²) in [6.45, 7) is 3.93. The van der Waals surface area contributed by atoms with Gasteiger partial charge in [-0.1, -0.05) is 0 Å². The molecule has 0 saturated carbocycles. The van der Waals surface area contributed by atoms with Crippen LogP contribution in [0.2, 0.25) is 0 Å². The van der Waals surface area contributed by atoms with Crippen molar-refractivity contribution in [2.24, 2.45) is 11.8 Å². The lowest BCUT2D eigenvalue weighted by Gasteiger charge is -2.15. The number of rotatable bonds is 5. The molecule has 0 aliphatic carbocycles. The smallest absolute Gasteiger partial charge is 0.306 e. The van der Waals surface area contributed by atoms with Crippen molar-refractivity contribution in [1.82, 2.24) is 0 Å². The van der Waals surface area contributed by atoms with Gasteiger partial charge in [-0.05, 0) is 6.07 Å². The quantitative estimate of drug-likeness (QED) is 0.244. The van der Waals surface area contributed by atoms with Crippen LogP contribution in [0.1, 0.15) is 46.4 Å². The van der Waals surface area contributed by atoms with Gasteiger partial charge in [-0.2, -0.15) is 0 Å². The van der Waals surface area contributed by atoms with E-state index in [4.69, 9.17) is 10.2 Å². The second-order valence-electron chi connectivity index (χ2n) is 7.56. The van der Waals surface area contributed by atoms with Gasteiger partial charge in [0, 0.05) is 48.9 Å². The fourth-order valence-corrected chi connectivity index (χ4v) is 3.30. The molecule has 0 radical (unpaired) electrons. The highest BCUT2D eigenvalue weighted by Gasteiger charge is 2.22. The first-order valence-corrected chi connectivity index (χ1v) is 10.3. The van der Waals surface area contributed by atoms with E-state index in [1.807, 2.05) is 0 Å². The number of hydrogen-bond acceptors (Lipinski definition) is 8. The molecule has 0 amide bonds. The molecule has 0 bridgehead atoms. The van der Waals surface area contributed by atoms with Crippen LogP contribution in [0.3, 0.4) is 0 Å². The topological polar surface area (TPSA) is 231 Å². The maximum absolute atomic E-state index is 10.4. The minimum Gasteiger partial charge on any atom is -0.545 e. The highest BCUT2D eigenvalue weighted by atomic mass is 16.6. The third kappa shape index (κ3) is 10.1. The lowest BCUT2D eigenvalue weighted by Crippen LogP contribution is -2.86. The van der Waals surface area contributed by atoms with Crippen LogP contribution in [0.4, 0.5) is 5.69 Å². The van der Waals surface area contributed by atoms with Crippen LogP contribution in [0.25, 0.3) is 0 Å². The molecule has 2 heterocycles. The number of quaternary nitrogens is 2. The molecular formula is C20H27N3O10. The summed E-state index contributed by atoms with van der Waals surface area (Å²) in [6, 6.07) is 2.15. The predicted octanol–water partition coefficient (Wildman–Crippen LogP) is -3.59. The van der Waals surface area contributed by atoms with Crippen LogP contribution in [0.15, 0.2) is 18.2 Å². The van der Waals surface area contributed by atoms with Gasteiger partial charge in [0.05, 0.1) is 54.9 Å². The Hall–Kier alpha value is -3.58. The number of non-ortho nitro benzene ring substituents is 1. The molecule has 2 fully saturated rings. The minimum absolute atomic E-state index is 0.0602. The number of aromatic carboxylic acids is 2. The summed E-state index contributed by atoms with van der Waals surface area (Å²) in [5, 5.41) is 52.5. The van der Waals surface area contributed by atoms with Crippen molar-refractivity contribution in [3.05, 3.63) is 39.4 Å². The van der Waals surface area contributed by atoms with Crippen molar-refractivity contribution in [3.63, 3.8) is 0 Å². The van der Waals surface area contributed by atoms with Crippen LogP contribution in [-0.2, 0) is 9.59 Å². The zero-order valence-corrected chi connectivity index (χ0v) is 17.8. The molecule has 3 rings (SSSR count). The van der Waals surface area contributed by atoms with Crippen LogP contribution < -0.4 is 20.8 Å². The molecule has 1 aromatic carbocycles. The van der Waals surface area contributed by atoms with Gasteiger partial charge in [-0.15, -0.1) is 0 Å². The zero-order valence-electron chi connectivity index (χ0n) is 17.8. The monoisotopic (exact) mass is 469 g/mol. The Morgan fingerprint density at radius 3 is 1.30 bits per heavy atom. The molecule has 6 N–H and O–H groups in total. The largest absolute Gasteiger partial charge is 0.545 e. The fraction of sp³-hybridized carbons (Fsp3) is 0.500. The van der Waals surface area contributed by atoms with Crippen LogP contribution >= 0.6 is 0 Å². The van der Waals surface area contributed by atoms with Gasteiger partial charge in [0.2, 0.25) is 0 Å². The molecule has 2 saturated heterocycles. The molecule has 0 spiro atoms. The molecule has 0 atom stereocenters. The number of carbonyl (C=O) groups is 4. The highest BCUT2D eigenvalue weighted by Crippen LogP contribution is 2.16. The van der Waals surface area contributed by atoms with Crippen molar-refractivity contribution in [1.29, 1.82) is 0 Å². The molecular weight excluding hydrogens is 442 g/mol. The van der Waals surface area contributed by atoms with Gasteiger partial charge in [0.1, 0.15) is 0 Å². The van der Waals surface area contributed by atoms with E-state index in [-0.39, 0.29) is 11.8 Å². The van der Waals surface area contributed by atoms with E-state index in [9.17, 15) is 39.5 Å². The molecule has 2 aliphatic rings. The number of carboxylic acid groups (broad SMARTS) is 4. The molecule has 33 heavy (non-hydrogen) atoms. The van der Waals surface area contributed by atoms with Gasteiger partial charge in [0.15, 0.2) is 0 Å². The molecule has 0 unspecified atom stereocenters. The van der Waals surface area contributed by atoms with E-state index < -0.39 is 45.6 Å². The van der Waals surface area contributed by atoms with Crippen LogP contribution in [0.5, 0.6) is 0 Å². The second kappa shape index (κ2) is 13.8. The number of carboxylic acids is 4. The van der Waals surface area contributed by atoms with E-state index in [0.717, 1.165) is 57.9 Å². The SMILES string of the molecule is O=C(O)C1CC[NH2+]CC1.O=C(O)C1CC[NH2+]CC1.O=C([O-])c1cc(C(=O)[O-])cc([N+](=O)[O-])c1. The Bertz CT molecular complexity index is 755. The van der Waals surface area contributed by atoms with E-state index in [2.05, 4.69) is 10.6 Å². The predicted molar refractivity (Wildman–Crippen MR) is 106 cm³/mol. The highest BCUT2D eigenvalue weighted by molar-refractivity contribution is 5.93. The number of benzene rings is 1. The first-order valence-electron chi connectivity index (χ1n) is 10.3. The number of piperidine rings is 2. The zero-order chi connectivity index (χ0) is 25.0. The average molecular weight is 469 g/mol. The third-order valence-corrected chi connectivity index (χ3v) is 5.18. The Balaban J connectivity index is 0.000000261. The average Bonchev–Trinajstić information content (AvgIpc) is 2.80. The van der Waals surface area contributed by atoms with Crippen LogP contribution in [0, 0.1) is 22.0 Å². The number of nitrogens with zero attached hydrogens (tertiary/aromatic N) is 1. The summed E-state index contributed by atoms with van der Waals surface area (Å²) in [4.78, 5) is 50.9. The van der Waals surface area contributed by atoms with Gasteiger partial charge in [-0.25, -0.2) is 0 Å². The number of aliphatic carboxylic acids is 2. The fourth-order valence-electron chi connectivity index (χ4n) is 3.30. The Kier molecular flexibility index (Phi) is 11.4. The van der Waals surface area contributed by atoms with Crippen molar-refractivity contribution >= 4 is 29.6 Å². The first-order chi connectivity index (χ1) is 15.5. The first kappa shape index (κ1) is 27.5. The van der Waals surface area contributed by atoms with Gasteiger partial charge >= 0.3 is 11.9 Å². The van der Waals surface area contributed by atoms with E-state index in [1.165, 1.54) is 0 Å². The maximum Gasteiger partial charge on any atom is 0.306 e. The molecule has 2 aliphatic heterocycles. The lowest BCUT2D eigenvalue weighted by atomic mass is 9.99. The standard InChI is InChI=1S/C8H5NO6.2C6H11NO2/c10-7(11)4-1-5(8(12)13)3-6(2-4)9(14)15;2*8-6(9)5-1-3-7-4-2-5/h1-3H,(H,10,11)(H,12,13);2*5,7H,1-4H2,(H,8,9). The molecule has 13 heteroatoms. The third-order valence-electron chi connectivity index (χ3n) is 5.18. The number of nitrogens with two attached hydrogens (primary N) is 2. The summed E-state index contributed by atoms with van der Waals surface area (Å²) in [6.07, 6.45) is 3.37. The second-order valence-corrected chi connectivity index (χ2v) is 7.56.